The van der Waals surface area contributed by atoms with Gasteiger partial charge in [0.2, 0.25) is 0 Å². The van der Waals surface area contributed by atoms with Crippen LogP contribution in [0.1, 0.15) is 24.7 Å². The Labute approximate surface area is 121 Å². The average molecular weight is 288 g/mol. The largest absolute Gasteiger partial charge is 0.221 e. The highest BCUT2D eigenvalue weighted by molar-refractivity contribution is 6.30. The summed E-state index contributed by atoms with van der Waals surface area (Å²) in [5.41, 5.74) is 2.55. The van der Waals surface area contributed by atoms with Gasteiger partial charge in [-0.3, -0.25) is 0 Å². The molecule has 1 aromatic carbocycles. The summed E-state index contributed by atoms with van der Waals surface area (Å²) in [4.78, 5) is 8.89. The third kappa shape index (κ3) is 2.14. The molecule has 5 nitrogen and oxygen atoms in total. The van der Waals surface area contributed by atoms with Gasteiger partial charge >= 0.3 is 0 Å². The minimum Gasteiger partial charge on any atom is -0.221 e. The zero-order valence-corrected chi connectivity index (χ0v) is 12.1. The molecule has 0 aliphatic carbocycles. The first-order valence-corrected chi connectivity index (χ1v) is 6.92. The van der Waals surface area contributed by atoms with E-state index in [1.807, 2.05) is 31.2 Å². The van der Waals surface area contributed by atoms with E-state index >= 15 is 0 Å². The standard InChI is InChI=1S/C14H14ClN5/c1-3-6-12-16-13(15)9(2)14(17-12)20-11-8-5-4-7-10(11)18-19-20/h4-5,7-8H,3,6H2,1-2H3. The number of benzene rings is 1. The van der Waals surface area contributed by atoms with Crippen molar-refractivity contribution < 1.29 is 0 Å². The molecule has 0 fully saturated rings. The molecule has 20 heavy (non-hydrogen) atoms. The van der Waals surface area contributed by atoms with Crippen molar-refractivity contribution in [2.24, 2.45) is 0 Å². The van der Waals surface area contributed by atoms with Gasteiger partial charge < -0.3 is 0 Å². The summed E-state index contributed by atoms with van der Waals surface area (Å²) in [6, 6.07) is 7.77. The molecule has 0 amide bonds. The zero-order valence-electron chi connectivity index (χ0n) is 11.3. The highest BCUT2D eigenvalue weighted by atomic mass is 35.5. The van der Waals surface area contributed by atoms with Crippen LogP contribution >= 0.6 is 11.6 Å². The molecule has 0 saturated carbocycles. The number of aromatic nitrogens is 5. The van der Waals surface area contributed by atoms with Crippen molar-refractivity contribution in [1.82, 2.24) is 25.0 Å². The Bertz CT molecular complexity index is 765. The van der Waals surface area contributed by atoms with Crippen molar-refractivity contribution in [2.75, 3.05) is 0 Å². The Morgan fingerprint density at radius 1 is 1.20 bits per heavy atom. The van der Waals surface area contributed by atoms with Gasteiger partial charge in [-0.15, -0.1) is 5.10 Å². The van der Waals surface area contributed by atoms with Crippen LogP contribution in [-0.4, -0.2) is 25.0 Å². The quantitative estimate of drug-likeness (QED) is 0.695. The zero-order chi connectivity index (χ0) is 14.1. The van der Waals surface area contributed by atoms with Crippen LogP contribution in [0.4, 0.5) is 0 Å². The van der Waals surface area contributed by atoms with Gasteiger partial charge in [0.25, 0.3) is 0 Å². The lowest BCUT2D eigenvalue weighted by Crippen LogP contribution is -2.08. The highest BCUT2D eigenvalue weighted by Crippen LogP contribution is 2.22. The van der Waals surface area contributed by atoms with Crippen LogP contribution in [0, 0.1) is 6.92 Å². The van der Waals surface area contributed by atoms with Crippen molar-refractivity contribution in [2.45, 2.75) is 26.7 Å². The molecule has 0 spiro atoms. The Hall–Kier alpha value is -2.01. The van der Waals surface area contributed by atoms with Gasteiger partial charge in [-0.25, -0.2) is 9.97 Å². The number of halogens is 1. The third-order valence-corrected chi connectivity index (χ3v) is 3.50. The summed E-state index contributed by atoms with van der Waals surface area (Å²) in [6.45, 7) is 3.98. The van der Waals surface area contributed by atoms with E-state index in [-0.39, 0.29) is 0 Å². The molecule has 0 saturated heterocycles. The fraction of sp³-hybridized carbons (Fsp3) is 0.286. The smallest absolute Gasteiger partial charge is 0.163 e. The van der Waals surface area contributed by atoms with Gasteiger partial charge in [-0.05, 0) is 25.5 Å². The summed E-state index contributed by atoms with van der Waals surface area (Å²) in [5.74, 6) is 1.43. The van der Waals surface area contributed by atoms with E-state index in [9.17, 15) is 0 Å². The van der Waals surface area contributed by atoms with E-state index in [0.717, 1.165) is 35.3 Å². The maximum absolute atomic E-state index is 6.21. The van der Waals surface area contributed by atoms with Gasteiger partial charge in [0, 0.05) is 12.0 Å². The van der Waals surface area contributed by atoms with Gasteiger partial charge in [0.1, 0.15) is 16.5 Å². The summed E-state index contributed by atoms with van der Waals surface area (Å²) < 4.78 is 1.72. The Balaban J connectivity index is 2.23. The molecule has 2 heterocycles. The number of hydrogen-bond acceptors (Lipinski definition) is 4. The van der Waals surface area contributed by atoms with Crippen LogP contribution < -0.4 is 0 Å². The van der Waals surface area contributed by atoms with Crippen molar-refractivity contribution in [3.05, 3.63) is 40.8 Å². The minimum absolute atomic E-state index is 0.470. The number of hydrogen-bond donors (Lipinski definition) is 0. The summed E-state index contributed by atoms with van der Waals surface area (Å²) in [5, 5.41) is 8.81. The number of para-hydroxylation sites is 1. The Kier molecular flexibility index (Phi) is 3.36. The van der Waals surface area contributed by atoms with Gasteiger partial charge in [-0.1, -0.05) is 35.9 Å². The second kappa shape index (κ2) is 5.17. The fourth-order valence-electron chi connectivity index (χ4n) is 2.09. The first kappa shape index (κ1) is 13.0. The first-order valence-electron chi connectivity index (χ1n) is 6.54. The SMILES string of the molecule is CCCc1nc(Cl)c(C)c(-n2nnc3ccccc32)n1. The summed E-state index contributed by atoms with van der Waals surface area (Å²) >= 11 is 6.21. The Morgan fingerprint density at radius 2 is 2.00 bits per heavy atom. The maximum Gasteiger partial charge on any atom is 0.163 e. The van der Waals surface area contributed by atoms with Crippen LogP contribution in [0.3, 0.4) is 0 Å². The van der Waals surface area contributed by atoms with Crippen molar-refractivity contribution in [3.8, 4) is 5.82 Å². The number of aryl methyl sites for hydroxylation is 1. The van der Waals surface area contributed by atoms with Gasteiger partial charge in [-0.2, -0.15) is 4.68 Å². The molecule has 3 rings (SSSR count). The van der Waals surface area contributed by atoms with Gasteiger partial charge in [0.15, 0.2) is 5.82 Å². The molecule has 0 aliphatic heterocycles. The monoisotopic (exact) mass is 287 g/mol. The number of nitrogens with zero attached hydrogens (tertiary/aromatic N) is 5. The maximum atomic E-state index is 6.21. The minimum atomic E-state index is 0.470. The average Bonchev–Trinajstić information content (AvgIpc) is 2.87. The molecule has 0 bridgehead atoms. The lowest BCUT2D eigenvalue weighted by Gasteiger charge is -2.09. The van der Waals surface area contributed by atoms with E-state index in [0.29, 0.717) is 11.0 Å². The van der Waals surface area contributed by atoms with Crippen LogP contribution in [0.15, 0.2) is 24.3 Å². The Morgan fingerprint density at radius 3 is 2.80 bits per heavy atom. The molecule has 0 N–H and O–H groups in total. The normalized spacial score (nSPS) is 11.2. The van der Waals surface area contributed by atoms with Crippen LogP contribution in [0.25, 0.3) is 16.9 Å². The predicted molar refractivity (Wildman–Crippen MR) is 78.2 cm³/mol. The first-order chi connectivity index (χ1) is 9.70. The molecular formula is C14H14ClN5. The molecule has 2 aromatic heterocycles. The predicted octanol–water partition coefficient (Wildman–Crippen LogP) is 3.12. The highest BCUT2D eigenvalue weighted by Gasteiger charge is 2.14. The van der Waals surface area contributed by atoms with E-state index in [1.165, 1.54) is 0 Å². The molecule has 3 aromatic rings. The lowest BCUT2D eigenvalue weighted by molar-refractivity contribution is 0.759. The molecule has 0 atom stereocenters. The molecule has 0 aliphatic rings. The number of rotatable bonds is 3. The van der Waals surface area contributed by atoms with E-state index in [1.54, 1.807) is 4.68 Å². The third-order valence-electron chi connectivity index (χ3n) is 3.13. The molecular weight excluding hydrogens is 274 g/mol. The lowest BCUT2D eigenvalue weighted by atomic mass is 10.2. The van der Waals surface area contributed by atoms with E-state index in [4.69, 9.17) is 11.6 Å². The molecule has 0 unspecified atom stereocenters. The molecule has 102 valence electrons. The second-order valence-corrected chi connectivity index (χ2v) is 4.98. The van der Waals surface area contributed by atoms with Crippen molar-refractivity contribution in [1.29, 1.82) is 0 Å². The van der Waals surface area contributed by atoms with Gasteiger partial charge in [0.05, 0.1) is 5.52 Å². The summed E-state index contributed by atoms with van der Waals surface area (Å²) in [7, 11) is 0. The second-order valence-electron chi connectivity index (χ2n) is 4.62. The van der Waals surface area contributed by atoms with E-state index < -0.39 is 0 Å². The number of fused-ring (bicyclic) bond motifs is 1. The topological polar surface area (TPSA) is 56.5 Å². The van der Waals surface area contributed by atoms with Crippen LogP contribution in [0.2, 0.25) is 5.15 Å². The fourth-order valence-corrected chi connectivity index (χ4v) is 2.27. The van der Waals surface area contributed by atoms with Crippen molar-refractivity contribution in [3.63, 3.8) is 0 Å². The summed E-state index contributed by atoms with van der Waals surface area (Å²) in [6.07, 6.45) is 1.76. The molecule has 0 radical (unpaired) electrons. The molecule has 6 heteroatoms. The van der Waals surface area contributed by atoms with Crippen LogP contribution in [0.5, 0.6) is 0 Å². The van der Waals surface area contributed by atoms with Crippen molar-refractivity contribution >= 4 is 22.6 Å². The van der Waals surface area contributed by atoms with Crippen LogP contribution in [-0.2, 0) is 6.42 Å². The van der Waals surface area contributed by atoms with E-state index in [2.05, 4.69) is 27.2 Å².